The van der Waals surface area contributed by atoms with Crippen molar-refractivity contribution >= 4 is 28.6 Å². The number of thiophene rings is 1. The van der Waals surface area contributed by atoms with Crippen molar-refractivity contribution in [3.63, 3.8) is 0 Å². The minimum Gasteiger partial charge on any atom is -0.347 e. The largest absolute Gasteiger partial charge is 0.347 e. The third-order valence-electron chi connectivity index (χ3n) is 3.95. The van der Waals surface area contributed by atoms with Crippen molar-refractivity contribution in [3.8, 4) is 21.8 Å². The Morgan fingerprint density at radius 3 is 2.58 bits per heavy atom. The molecule has 2 aromatic heterocycles. The van der Waals surface area contributed by atoms with Crippen molar-refractivity contribution in [1.82, 2.24) is 10.3 Å². The van der Waals surface area contributed by atoms with Crippen LogP contribution in [-0.4, -0.2) is 10.9 Å². The summed E-state index contributed by atoms with van der Waals surface area (Å²) in [7, 11) is 0. The van der Waals surface area contributed by atoms with E-state index in [4.69, 9.17) is 4.98 Å². The molecule has 0 spiro atoms. The van der Waals surface area contributed by atoms with E-state index < -0.39 is 0 Å². The minimum absolute atomic E-state index is 0.0361. The van der Waals surface area contributed by atoms with Crippen LogP contribution in [0.25, 0.3) is 21.8 Å². The van der Waals surface area contributed by atoms with E-state index in [9.17, 15) is 4.79 Å². The molecule has 0 saturated heterocycles. The Morgan fingerprint density at radius 1 is 0.923 bits per heavy atom. The monoisotopic (exact) mass is 376 g/mol. The number of hydrogen-bond acceptors (Lipinski definition) is 4. The fraction of sp³-hybridized carbons (Fsp3) is 0.0476. The Hall–Kier alpha value is -2.76. The first-order valence-electron chi connectivity index (χ1n) is 8.21. The summed E-state index contributed by atoms with van der Waals surface area (Å²) in [4.78, 5) is 17.6. The van der Waals surface area contributed by atoms with Gasteiger partial charge in [0, 0.05) is 23.1 Å². The van der Waals surface area contributed by atoms with Gasteiger partial charge in [-0.05, 0) is 23.1 Å². The van der Waals surface area contributed by atoms with E-state index in [1.807, 2.05) is 47.8 Å². The number of carbonyl (C=O) groups excluding carboxylic acids is 1. The topological polar surface area (TPSA) is 42.0 Å². The number of nitrogens with zero attached hydrogens (tertiary/aromatic N) is 1. The molecule has 0 bridgehead atoms. The van der Waals surface area contributed by atoms with Crippen LogP contribution in [0.15, 0.2) is 77.5 Å². The zero-order valence-corrected chi connectivity index (χ0v) is 15.5. The number of benzene rings is 2. The first kappa shape index (κ1) is 16.7. The molecule has 0 saturated carbocycles. The molecule has 0 aliphatic carbocycles. The Balaban J connectivity index is 1.49. The summed E-state index contributed by atoms with van der Waals surface area (Å²) in [6.45, 7) is 0.501. The lowest BCUT2D eigenvalue weighted by Gasteiger charge is -2.05. The molecule has 0 atom stereocenters. The van der Waals surface area contributed by atoms with Gasteiger partial charge in [0.25, 0.3) is 5.91 Å². The lowest BCUT2D eigenvalue weighted by molar-refractivity contribution is 0.0955. The van der Waals surface area contributed by atoms with Crippen LogP contribution in [0.2, 0.25) is 0 Å². The number of carbonyl (C=O) groups is 1. The molecule has 0 unspecified atom stereocenters. The summed E-state index contributed by atoms with van der Waals surface area (Å²) in [6.07, 6.45) is 0. The van der Waals surface area contributed by atoms with E-state index in [-0.39, 0.29) is 5.91 Å². The first-order chi connectivity index (χ1) is 12.8. The maximum Gasteiger partial charge on any atom is 0.261 e. The predicted molar refractivity (Wildman–Crippen MR) is 108 cm³/mol. The van der Waals surface area contributed by atoms with Crippen LogP contribution >= 0.6 is 22.7 Å². The fourth-order valence-electron chi connectivity index (χ4n) is 2.64. The third-order valence-corrected chi connectivity index (χ3v) is 5.71. The van der Waals surface area contributed by atoms with Gasteiger partial charge in [0.1, 0.15) is 5.01 Å². The molecule has 2 heterocycles. The molecule has 0 fully saturated rings. The van der Waals surface area contributed by atoms with E-state index in [0.29, 0.717) is 6.54 Å². The number of hydrogen-bond donors (Lipinski definition) is 1. The van der Waals surface area contributed by atoms with E-state index in [0.717, 1.165) is 32.3 Å². The van der Waals surface area contributed by atoms with Crippen molar-refractivity contribution in [2.45, 2.75) is 6.54 Å². The zero-order valence-electron chi connectivity index (χ0n) is 13.9. The van der Waals surface area contributed by atoms with Gasteiger partial charge in [-0.15, -0.1) is 22.7 Å². The first-order valence-corrected chi connectivity index (χ1v) is 9.97. The van der Waals surface area contributed by atoms with Gasteiger partial charge < -0.3 is 5.32 Å². The molecule has 3 nitrogen and oxygen atoms in total. The van der Waals surface area contributed by atoms with Gasteiger partial charge in [-0.3, -0.25) is 4.79 Å². The summed E-state index contributed by atoms with van der Waals surface area (Å²) in [6, 6.07) is 22.0. The molecule has 0 radical (unpaired) electrons. The van der Waals surface area contributed by atoms with Crippen LogP contribution in [-0.2, 0) is 6.54 Å². The second kappa shape index (κ2) is 7.64. The zero-order chi connectivity index (χ0) is 17.8. The highest BCUT2D eigenvalue weighted by atomic mass is 32.1. The molecule has 1 N–H and O–H groups in total. The van der Waals surface area contributed by atoms with Gasteiger partial charge in [-0.25, -0.2) is 4.98 Å². The molecule has 1 amide bonds. The SMILES string of the molecule is O=C(NCc1cccc(-c2nc(-c3ccccc3)cs2)c1)c1cccs1. The van der Waals surface area contributed by atoms with Gasteiger partial charge >= 0.3 is 0 Å². The average Bonchev–Trinajstić information content (AvgIpc) is 3.39. The number of amides is 1. The average molecular weight is 377 g/mol. The van der Waals surface area contributed by atoms with Crippen molar-refractivity contribution in [2.75, 3.05) is 0 Å². The minimum atomic E-state index is -0.0361. The van der Waals surface area contributed by atoms with Crippen LogP contribution in [0.1, 0.15) is 15.2 Å². The summed E-state index contributed by atoms with van der Waals surface area (Å²) in [5.74, 6) is -0.0361. The molecule has 26 heavy (non-hydrogen) atoms. The number of rotatable bonds is 5. The van der Waals surface area contributed by atoms with E-state index in [1.165, 1.54) is 11.3 Å². The van der Waals surface area contributed by atoms with Gasteiger partial charge in [0.2, 0.25) is 0 Å². The van der Waals surface area contributed by atoms with Crippen molar-refractivity contribution in [2.24, 2.45) is 0 Å². The predicted octanol–water partition coefficient (Wildman–Crippen LogP) is 5.47. The highest BCUT2D eigenvalue weighted by Crippen LogP contribution is 2.29. The fourth-order valence-corrected chi connectivity index (χ4v) is 4.11. The smallest absolute Gasteiger partial charge is 0.261 e. The molecule has 5 heteroatoms. The molecule has 0 aliphatic heterocycles. The molecular formula is C21H16N2OS2. The highest BCUT2D eigenvalue weighted by molar-refractivity contribution is 7.13. The maximum absolute atomic E-state index is 12.1. The Kier molecular flexibility index (Phi) is 4.91. The molecular weight excluding hydrogens is 360 g/mol. The van der Waals surface area contributed by atoms with Gasteiger partial charge in [0.05, 0.1) is 10.6 Å². The molecule has 2 aromatic carbocycles. The van der Waals surface area contributed by atoms with Crippen molar-refractivity contribution < 1.29 is 4.79 Å². The van der Waals surface area contributed by atoms with E-state index in [2.05, 4.69) is 35.0 Å². The standard InChI is InChI=1S/C21H16N2OS2/c24-20(19-10-5-11-25-19)22-13-15-6-4-9-17(12-15)21-23-18(14-26-21)16-7-2-1-3-8-16/h1-12,14H,13H2,(H,22,24). The van der Waals surface area contributed by atoms with Crippen LogP contribution in [0, 0.1) is 0 Å². The highest BCUT2D eigenvalue weighted by Gasteiger charge is 2.09. The number of nitrogens with one attached hydrogen (secondary N) is 1. The second-order valence-corrected chi connectivity index (χ2v) is 7.57. The Morgan fingerprint density at radius 2 is 1.77 bits per heavy atom. The lowest BCUT2D eigenvalue weighted by atomic mass is 10.1. The number of thiazole rings is 1. The van der Waals surface area contributed by atoms with Crippen LogP contribution < -0.4 is 5.32 Å². The maximum atomic E-state index is 12.1. The van der Waals surface area contributed by atoms with E-state index in [1.54, 1.807) is 11.3 Å². The summed E-state index contributed by atoms with van der Waals surface area (Å²) in [5.41, 5.74) is 4.24. The van der Waals surface area contributed by atoms with Crippen LogP contribution in [0.3, 0.4) is 0 Å². The lowest BCUT2D eigenvalue weighted by Crippen LogP contribution is -2.21. The third kappa shape index (κ3) is 3.74. The van der Waals surface area contributed by atoms with Crippen molar-refractivity contribution in [1.29, 1.82) is 0 Å². The second-order valence-electron chi connectivity index (χ2n) is 5.76. The van der Waals surface area contributed by atoms with E-state index >= 15 is 0 Å². The normalized spacial score (nSPS) is 10.6. The molecule has 128 valence electrons. The molecule has 4 rings (SSSR count). The summed E-state index contributed by atoms with van der Waals surface area (Å²) in [5, 5.41) is 7.93. The van der Waals surface area contributed by atoms with Gasteiger partial charge in [-0.1, -0.05) is 54.6 Å². The summed E-state index contributed by atoms with van der Waals surface area (Å²) >= 11 is 3.08. The van der Waals surface area contributed by atoms with Gasteiger partial charge in [0.15, 0.2) is 0 Å². The quantitative estimate of drug-likeness (QED) is 0.502. The van der Waals surface area contributed by atoms with Crippen LogP contribution in [0.5, 0.6) is 0 Å². The molecule has 4 aromatic rings. The van der Waals surface area contributed by atoms with Gasteiger partial charge in [-0.2, -0.15) is 0 Å². The Bertz CT molecular complexity index is 1010. The number of aromatic nitrogens is 1. The van der Waals surface area contributed by atoms with Crippen molar-refractivity contribution in [3.05, 3.63) is 87.9 Å². The Labute approximate surface area is 160 Å². The molecule has 0 aliphatic rings. The summed E-state index contributed by atoms with van der Waals surface area (Å²) < 4.78 is 0. The van der Waals surface area contributed by atoms with Crippen LogP contribution in [0.4, 0.5) is 0 Å².